The van der Waals surface area contributed by atoms with Crippen LogP contribution < -0.4 is 16.0 Å². The lowest BCUT2D eigenvalue weighted by Crippen LogP contribution is -2.53. The number of carbonyl (C=O) groups excluding carboxylic acids is 6. The van der Waals surface area contributed by atoms with Crippen molar-refractivity contribution in [1.29, 1.82) is 0 Å². The fourth-order valence-electron chi connectivity index (χ4n) is 3.75. The van der Waals surface area contributed by atoms with Crippen molar-refractivity contribution in [1.82, 2.24) is 16.0 Å². The summed E-state index contributed by atoms with van der Waals surface area (Å²) in [5, 5.41) is 7.84. The molecule has 12 nitrogen and oxygen atoms in total. The molecular weight excluding hydrogens is 558 g/mol. The first kappa shape index (κ1) is 34.2. The number of allylic oxidation sites excluding steroid dienone is 1. The second-order valence-corrected chi connectivity index (χ2v) is 9.31. The van der Waals surface area contributed by atoms with Crippen LogP contribution in [-0.2, 0) is 44.6 Å². The summed E-state index contributed by atoms with van der Waals surface area (Å²) in [7, 11) is 0.967. The Morgan fingerprint density at radius 1 is 0.791 bits per heavy atom. The molecule has 0 aromatic heterocycles. The maximum Gasteiger partial charge on any atom is 0.423 e. The maximum absolute atomic E-state index is 13.4. The zero-order valence-electron chi connectivity index (χ0n) is 24.6. The number of hydrogen-bond donors (Lipinski definition) is 3. The summed E-state index contributed by atoms with van der Waals surface area (Å²) in [6, 6.07) is 15.2. The Bertz CT molecular complexity index is 1310. The number of rotatable bonds is 14. The highest BCUT2D eigenvalue weighted by atomic mass is 16.6. The van der Waals surface area contributed by atoms with E-state index in [1.54, 1.807) is 42.5 Å². The van der Waals surface area contributed by atoms with Gasteiger partial charge in [-0.2, -0.15) is 0 Å². The summed E-state index contributed by atoms with van der Waals surface area (Å²) in [5.41, 5.74) is 1.03. The molecule has 2 aromatic rings. The van der Waals surface area contributed by atoms with E-state index >= 15 is 0 Å². The number of hydrogen-bond acceptors (Lipinski definition) is 9. The number of amides is 3. The van der Waals surface area contributed by atoms with E-state index in [0.29, 0.717) is 18.4 Å². The molecule has 0 aliphatic heterocycles. The Balaban J connectivity index is 2.28. The third-order valence-electron chi connectivity index (χ3n) is 6.03. The summed E-state index contributed by atoms with van der Waals surface area (Å²) in [6.07, 6.45) is 1.35. The lowest BCUT2D eigenvalue weighted by atomic mass is 10.0. The smallest absolute Gasteiger partial charge is 0.423 e. The van der Waals surface area contributed by atoms with Crippen LogP contribution in [0, 0.1) is 0 Å². The minimum absolute atomic E-state index is 0.0723. The van der Waals surface area contributed by atoms with Crippen molar-refractivity contribution in [2.45, 2.75) is 58.5 Å². The molecule has 230 valence electrons. The van der Waals surface area contributed by atoms with Crippen molar-refractivity contribution in [3.05, 3.63) is 83.2 Å². The molecule has 0 unspecified atom stereocenters. The third kappa shape index (κ3) is 11.1. The molecule has 0 saturated heterocycles. The van der Waals surface area contributed by atoms with E-state index in [2.05, 4.69) is 20.7 Å². The molecule has 0 aliphatic rings. The quantitative estimate of drug-likeness (QED) is 0.0977. The highest BCUT2D eigenvalue weighted by molar-refractivity contribution is 6.30. The predicted octanol–water partition coefficient (Wildman–Crippen LogP) is 2.33. The topological polar surface area (TPSA) is 166 Å². The Hall–Kier alpha value is -5.00. The van der Waals surface area contributed by atoms with E-state index in [1.165, 1.54) is 13.8 Å². The zero-order valence-corrected chi connectivity index (χ0v) is 24.6. The first-order valence-electron chi connectivity index (χ1n) is 13.8. The fourth-order valence-corrected chi connectivity index (χ4v) is 3.75. The van der Waals surface area contributed by atoms with Crippen LogP contribution in [0.3, 0.4) is 0 Å². The average molecular weight is 596 g/mol. The molecule has 0 bridgehead atoms. The van der Waals surface area contributed by atoms with Crippen LogP contribution in [0.1, 0.15) is 56.0 Å². The summed E-state index contributed by atoms with van der Waals surface area (Å²) in [5.74, 6) is -6.42. The van der Waals surface area contributed by atoms with Crippen molar-refractivity contribution in [3.8, 4) is 0 Å². The largest absolute Gasteiger partial charge is 0.461 e. The molecule has 0 aliphatic carbocycles. The second kappa shape index (κ2) is 17.7. The van der Waals surface area contributed by atoms with Gasteiger partial charge in [-0.25, -0.2) is 14.4 Å². The lowest BCUT2D eigenvalue weighted by Gasteiger charge is -2.22. The molecule has 0 spiro atoms. The minimum Gasteiger partial charge on any atom is -0.461 e. The van der Waals surface area contributed by atoms with Gasteiger partial charge in [-0.15, -0.1) is 0 Å². The van der Waals surface area contributed by atoms with Crippen molar-refractivity contribution in [3.63, 3.8) is 0 Å². The van der Waals surface area contributed by atoms with Crippen LogP contribution in [0.15, 0.2) is 72.1 Å². The van der Waals surface area contributed by atoms with Gasteiger partial charge in [-0.3, -0.25) is 14.4 Å². The first-order valence-corrected chi connectivity index (χ1v) is 13.8. The van der Waals surface area contributed by atoms with E-state index < -0.39 is 53.5 Å². The number of unbranched alkanes of at least 4 members (excludes halogenated alkanes) is 1. The van der Waals surface area contributed by atoms with E-state index in [0.717, 1.165) is 12.7 Å². The predicted molar refractivity (Wildman–Crippen MR) is 155 cm³/mol. The average Bonchev–Trinajstić information content (AvgIpc) is 3.01. The van der Waals surface area contributed by atoms with Crippen molar-refractivity contribution in [2.75, 3.05) is 13.7 Å². The highest BCUT2D eigenvalue weighted by Crippen LogP contribution is 2.15. The van der Waals surface area contributed by atoms with Crippen LogP contribution in [0.4, 0.5) is 0 Å². The SMILES string of the molecule is CCCC/C(NC(=O)[C@H](C)NC(=O)[C@H](Cc1ccccc1)NC(=O)c1ccccc1)=C(/OC(=O)C(=O)OC)C(=O)OCC. The van der Waals surface area contributed by atoms with Crippen molar-refractivity contribution >= 4 is 35.6 Å². The number of esters is 3. The number of ether oxygens (including phenoxy) is 3. The summed E-state index contributed by atoms with van der Waals surface area (Å²) in [4.78, 5) is 75.8. The Morgan fingerprint density at radius 3 is 2.00 bits per heavy atom. The van der Waals surface area contributed by atoms with Gasteiger partial charge in [0.2, 0.25) is 17.6 Å². The van der Waals surface area contributed by atoms with E-state index in [1.807, 2.05) is 25.1 Å². The number of methoxy groups -OCH3 is 1. The first-order chi connectivity index (χ1) is 20.6. The van der Waals surface area contributed by atoms with Gasteiger partial charge in [-0.05, 0) is 44.4 Å². The van der Waals surface area contributed by atoms with Crippen LogP contribution in [-0.4, -0.2) is 61.4 Å². The van der Waals surface area contributed by atoms with Crippen molar-refractivity contribution in [2.24, 2.45) is 0 Å². The highest BCUT2D eigenvalue weighted by Gasteiger charge is 2.29. The molecule has 0 fully saturated rings. The van der Waals surface area contributed by atoms with Crippen LogP contribution in [0.25, 0.3) is 0 Å². The van der Waals surface area contributed by atoms with Gasteiger partial charge in [0, 0.05) is 12.0 Å². The Labute approximate surface area is 250 Å². The zero-order chi connectivity index (χ0) is 31.8. The third-order valence-corrected chi connectivity index (χ3v) is 6.03. The molecule has 0 radical (unpaired) electrons. The molecule has 12 heteroatoms. The summed E-state index contributed by atoms with van der Waals surface area (Å²) < 4.78 is 14.3. The van der Waals surface area contributed by atoms with Gasteiger partial charge in [0.15, 0.2) is 0 Å². The van der Waals surface area contributed by atoms with Gasteiger partial charge in [-0.1, -0.05) is 61.9 Å². The number of carbonyl (C=O) groups is 6. The summed E-state index contributed by atoms with van der Waals surface area (Å²) in [6.45, 7) is 4.73. The Morgan fingerprint density at radius 2 is 1.42 bits per heavy atom. The van der Waals surface area contributed by atoms with Gasteiger partial charge < -0.3 is 30.2 Å². The molecule has 2 rings (SSSR count). The number of nitrogens with one attached hydrogen (secondary N) is 3. The normalized spacial score (nSPS) is 12.5. The summed E-state index contributed by atoms with van der Waals surface area (Å²) >= 11 is 0. The second-order valence-electron chi connectivity index (χ2n) is 9.31. The van der Waals surface area contributed by atoms with Gasteiger partial charge in [0.25, 0.3) is 5.91 Å². The van der Waals surface area contributed by atoms with Gasteiger partial charge >= 0.3 is 17.9 Å². The van der Waals surface area contributed by atoms with E-state index in [-0.39, 0.29) is 25.1 Å². The molecule has 2 atom stereocenters. The van der Waals surface area contributed by atoms with E-state index in [4.69, 9.17) is 9.47 Å². The monoisotopic (exact) mass is 595 g/mol. The van der Waals surface area contributed by atoms with Crippen LogP contribution in [0.2, 0.25) is 0 Å². The van der Waals surface area contributed by atoms with Crippen LogP contribution >= 0.6 is 0 Å². The van der Waals surface area contributed by atoms with Crippen LogP contribution in [0.5, 0.6) is 0 Å². The van der Waals surface area contributed by atoms with Crippen molar-refractivity contribution < 1.29 is 43.0 Å². The lowest BCUT2D eigenvalue weighted by molar-refractivity contribution is -0.165. The Kier molecular flexibility index (Phi) is 14.1. The molecular formula is C31H37N3O9. The minimum atomic E-state index is -1.48. The molecule has 2 aromatic carbocycles. The molecule has 0 heterocycles. The standard InChI is InChI=1S/C31H37N3O9/c1-5-7-18-23(25(29(38)42-6-2)43-31(40)30(39)41-4)33-26(35)20(3)32-28(37)24(19-21-14-10-8-11-15-21)34-27(36)22-16-12-9-13-17-22/h8-17,20,24H,5-7,18-19H2,1-4H3,(H,32,37)(H,33,35)(H,34,36)/b25-23-/t20-,24-/m0/s1. The van der Waals surface area contributed by atoms with Gasteiger partial charge in [0.05, 0.1) is 19.4 Å². The molecule has 0 saturated carbocycles. The number of benzene rings is 2. The molecule has 43 heavy (non-hydrogen) atoms. The van der Waals surface area contributed by atoms with Gasteiger partial charge in [0.1, 0.15) is 12.1 Å². The molecule has 3 amide bonds. The maximum atomic E-state index is 13.4. The molecule has 3 N–H and O–H groups in total. The van der Waals surface area contributed by atoms with E-state index in [9.17, 15) is 28.8 Å². The fraction of sp³-hybridized carbons (Fsp3) is 0.355.